The van der Waals surface area contributed by atoms with E-state index in [1.54, 1.807) is 6.07 Å². The second kappa shape index (κ2) is 8.23. The molecule has 0 amide bonds. The topological polar surface area (TPSA) is 92.8 Å². The number of aromatic carboxylic acids is 1. The van der Waals surface area contributed by atoms with Gasteiger partial charge in [0.2, 0.25) is 0 Å². The summed E-state index contributed by atoms with van der Waals surface area (Å²) in [4.78, 5) is 11.3. The van der Waals surface area contributed by atoms with Gasteiger partial charge in [-0.15, -0.1) is 0 Å². The molecule has 2 aromatic rings. The van der Waals surface area contributed by atoms with Crippen LogP contribution in [0.2, 0.25) is 0 Å². The second-order valence-electron chi connectivity index (χ2n) is 6.95. The van der Waals surface area contributed by atoms with E-state index < -0.39 is 12.1 Å². The fraction of sp³-hybridized carbons (Fsp3) is 0.381. The number of carboxylic acid groups (broad SMARTS) is 1. The number of rotatable bonds is 6. The van der Waals surface area contributed by atoms with Gasteiger partial charge >= 0.3 is 5.97 Å². The van der Waals surface area contributed by atoms with Crippen molar-refractivity contribution in [3.63, 3.8) is 0 Å². The van der Waals surface area contributed by atoms with Crippen LogP contribution in [0, 0.1) is 5.92 Å². The number of carbonyl (C=O) groups is 1. The SMILES string of the molecule is Nc1c(C(=O)O)ccc2c1CC(C[C@H](O)COc1ccccc1)CCC2. The minimum atomic E-state index is -0.998. The Balaban J connectivity index is 1.65. The van der Waals surface area contributed by atoms with Crippen LogP contribution < -0.4 is 10.5 Å². The van der Waals surface area contributed by atoms with E-state index in [1.807, 2.05) is 36.4 Å². The van der Waals surface area contributed by atoms with Gasteiger partial charge in [0.15, 0.2) is 0 Å². The Bertz CT molecular complexity index is 760. The Hall–Kier alpha value is -2.53. The van der Waals surface area contributed by atoms with E-state index in [2.05, 4.69) is 0 Å². The number of ether oxygens (including phenoxy) is 1. The van der Waals surface area contributed by atoms with Crippen LogP contribution in [0.4, 0.5) is 5.69 Å². The van der Waals surface area contributed by atoms with Crippen LogP contribution in [0.15, 0.2) is 42.5 Å². The highest BCUT2D eigenvalue weighted by Gasteiger charge is 2.23. The van der Waals surface area contributed by atoms with E-state index in [9.17, 15) is 15.0 Å². The van der Waals surface area contributed by atoms with Crippen LogP contribution >= 0.6 is 0 Å². The third kappa shape index (κ3) is 4.35. The van der Waals surface area contributed by atoms with Crippen LogP contribution in [0.5, 0.6) is 5.75 Å². The zero-order chi connectivity index (χ0) is 18.5. The molecule has 4 N–H and O–H groups in total. The van der Waals surface area contributed by atoms with E-state index >= 15 is 0 Å². The summed E-state index contributed by atoms with van der Waals surface area (Å²) in [6.45, 7) is 0.248. The molecule has 2 atom stereocenters. The summed E-state index contributed by atoms with van der Waals surface area (Å²) in [5, 5.41) is 19.7. The Morgan fingerprint density at radius 1 is 1.23 bits per heavy atom. The first-order chi connectivity index (χ1) is 12.5. The molecule has 3 rings (SSSR count). The highest BCUT2D eigenvalue weighted by atomic mass is 16.5. The van der Waals surface area contributed by atoms with Crippen molar-refractivity contribution in [3.8, 4) is 5.75 Å². The van der Waals surface area contributed by atoms with Crippen LogP contribution in [0.1, 0.15) is 40.7 Å². The summed E-state index contributed by atoms with van der Waals surface area (Å²) in [6, 6.07) is 12.9. The molecule has 0 fully saturated rings. The normalized spacial score (nSPS) is 17.8. The molecule has 0 bridgehead atoms. The predicted octanol–water partition coefficient (Wildman–Crippen LogP) is 3.29. The molecule has 0 aliphatic heterocycles. The largest absolute Gasteiger partial charge is 0.491 e. The number of anilines is 1. The maximum atomic E-state index is 11.3. The lowest BCUT2D eigenvalue weighted by molar-refractivity contribution is 0.0697. The van der Waals surface area contributed by atoms with Crippen LogP contribution in [-0.4, -0.2) is 28.9 Å². The third-order valence-corrected chi connectivity index (χ3v) is 5.03. The van der Waals surface area contributed by atoms with Gasteiger partial charge in [-0.05, 0) is 67.3 Å². The zero-order valence-corrected chi connectivity index (χ0v) is 14.7. The molecule has 2 aromatic carbocycles. The average molecular weight is 355 g/mol. The molecule has 0 heterocycles. The number of fused-ring (bicyclic) bond motifs is 1. The number of benzene rings is 2. The number of aliphatic hydroxyl groups excluding tert-OH is 1. The van der Waals surface area contributed by atoms with E-state index in [1.165, 1.54) is 0 Å². The van der Waals surface area contributed by atoms with Gasteiger partial charge in [-0.3, -0.25) is 0 Å². The quantitative estimate of drug-likeness (QED) is 0.546. The monoisotopic (exact) mass is 355 g/mol. The smallest absolute Gasteiger partial charge is 0.337 e. The van der Waals surface area contributed by atoms with Crippen molar-refractivity contribution in [2.24, 2.45) is 5.92 Å². The Labute approximate surface area is 153 Å². The molecule has 5 heteroatoms. The number of hydrogen-bond donors (Lipinski definition) is 3. The van der Waals surface area contributed by atoms with Gasteiger partial charge in [0.25, 0.3) is 0 Å². The predicted molar refractivity (Wildman–Crippen MR) is 101 cm³/mol. The minimum Gasteiger partial charge on any atom is -0.491 e. The summed E-state index contributed by atoms with van der Waals surface area (Å²) in [5.74, 6) is 0.00691. The highest BCUT2D eigenvalue weighted by molar-refractivity contribution is 5.94. The molecule has 0 spiro atoms. The molecule has 138 valence electrons. The molecule has 0 saturated carbocycles. The summed E-state index contributed by atoms with van der Waals surface area (Å²) >= 11 is 0. The zero-order valence-electron chi connectivity index (χ0n) is 14.7. The van der Waals surface area contributed by atoms with Crippen molar-refractivity contribution in [2.45, 2.75) is 38.2 Å². The summed E-state index contributed by atoms with van der Waals surface area (Å²) in [6.07, 6.45) is 3.64. The van der Waals surface area contributed by atoms with Gasteiger partial charge in [0.1, 0.15) is 12.4 Å². The molecule has 5 nitrogen and oxygen atoms in total. The van der Waals surface area contributed by atoms with Crippen LogP contribution in [0.3, 0.4) is 0 Å². The van der Waals surface area contributed by atoms with Crippen LogP contribution in [0.25, 0.3) is 0 Å². The van der Waals surface area contributed by atoms with Crippen molar-refractivity contribution < 1.29 is 19.7 Å². The molecule has 1 unspecified atom stereocenters. The standard InChI is InChI=1S/C21H25NO4/c22-20-18(21(24)25)10-9-15-6-4-5-14(12-19(15)20)11-16(23)13-26-17-7-2-1-3-8-17/h1-3,7-10,14,16,23H,4-6,11-13,22H2,(H,24,25)/t14?,16-/m0/s1. The lowest BCUT2D eigenvalue weighted by Gasteiger charge is -2.20. The van der Waals surface area contributed by atoms with E-state index in [0.29, 0.717) is 18.5 Å². The van der Waals surface area contributed by atoms with E-state index in [0.717, 1.165) is 36.1 Å². The first-order valence-electron chi connectivity index (χ1n) is 9.04. The van der Waals surface area contributed by atoms with Gasteiger partial charge in [0.05, 0.1) is 11.7 Å². The maximum absolute atomic E-state index is 11.3. The fourth-order valence-corrected chi connectivity index (χ4v) is 3.71. The Morgan fingerprint density at radius 3 is 2.73 bits per heavy atom. The van der Waals surface area contributed by atoms with Crippen molar-refractivity contribution in [3.05, 3.63) is 59.2 Å². The van der Waals surface area contributed by atoms with E-state index in [4.69, 9.17) is 10.5 Å². The van der Waals surface area contributed by atoms with Gasteiger partial charge in [-0.2, -0.15) is 0 Å². The van der Waals surface area contributed by atoms with Crippen molar-refractivity contribution in [2.75, 3.05) is 12.3 Å². The number of aliphatic hydroxyl groups is 1. The van der Waals surface area contributed by atoms with Gasteiger partial charge in [0, 0.05) is 5.69 Å². The molecular weight excluding hydrogens is 330 g/mol. The number of para-hydroxylation sites is 1. The summed E-state index contributed by atoms with van der Waals surface area (Å²) in [5.41, 5.74) is 8.73. The minimum absolute atomic E-state index is 0.164. The summed E-state index contributed by atoms with van der Waals surface area (Å²) < 4.78 is 5.63. The van der Waals surface area contributed by atoms with Crippen LogP contribution in [-0.2, 0) is 12.8 Å². The number of carboxylic acids is 1. The van der Waals surface area contributed by atoms with Gasteiger partial charge < -0.3 is 20.7 Å². The maximum Gasteiger partial charge on any atom is 0.337 e. The third-order valence-electron chi connectivity index (χ3n) is 5.03. The van der Waals surface area contributed by atoms with Crippen molar-refractivity contribution in [1.29, 1.82) is 0 Å². The molecule has 1 aliphatic rings. The second-order valence-corrected chi connectivity index (χ2v) is 6.95. The first kappa shape index (κ1) is 18.3. The molecule has 0 saturated heterocycles. The highest BCUT2D eigenvalue weighted by Crippen LogP contribution is 2.32. The number of nitrogen functional groups attached to an aromatic ring is 1. The number of hydrogen-bond acceptors (Lipinski definition) is 4. The molecule has 0 aromatic heterocycles. The number of aryl methyl sites for hydroxylation is 1. The molecule has 26 heavy (non-hydrogen) atoms. The summed E-state index contributed by atoms with van der Waals surface area (Å²) in [7, 11) is 0. The van der Waals surface area contributed by atoms with Crippen molar-refractivity contribution >= 4 is 11.7 Å². The van der Waals surface area contributed by atoms with Gasteiger partial charge in [-0.1, -0.05) is 24.3 Å². The molecular formula is C21H25NO4. The van der Waals surface area contributed by atoms with Gasteiger partial charge in [-0.25, -0.2) is 4.79 Å². The fourth-order valence-electron chi connectivity index (χ4n) is 3.71. The lowest BCUT2D eigenvalue weighted by atomic mass is 9.90. The molecule has 0 radical (unpaired) electrons. The molecule has 1 aliphatic carbocycles. The Morgan fingerprint density at radius 2 is 2.00 bits per heavy atom. The Kier molecular flexibility index (Phi) is 5.78. The first-order valence-corrected chi connectivity index (χ1v) is 9.04. The lowest BCUT2D eigenvalue weighted by Crippen LogP contribution is -2.22. The van der Waals surface area contributed by atoms with Crippen molar-refractivity contribution in [1.82, 2.24) is 0 Å². The number of nitrogens with two attached hydrogens (primary N) is 1. The average Bonchev–Trinajstić information content (AvgIpc) is 2.83. The van der Waals surface area contributed by atoms with E-state index in [-0.39, 0.29) is 18.1 Å².